The van der Waals surface area contributed by atoms with Crippen molar-refractivity contribution in [2.24, 2.45) is 0 Å². The number of morpholine rings is 1. The third-order valence-corrected chi connectivity index (χ3v) is 3.15. The van der Waals surface area contributed by atoms with Crippen molar-refractivity contribution in [3.05, 3.63) is 34.6 Å². The Morgan fingerprint density at radius 1 is 1.61 bits per heavy atom. The van der Waals surface area contributed by atoms with E-state index in [9.17, 15) is 9.18 Å². The molecule has 0 aromatic heterocycles. The van der Waals surface area contributed by atoms with Crippen LogP contribution in [0.4, 0.5) is 4.39 Å². The second kappa shape index (κ2) is 5.65. The van der Waals surface area contributed by atoms with Crippen LogP contribution >= 0.6 is 11.6 Å². The van der Waals surface area contributed by atoms with Gasteiger partial charge >= 0.3 is 5.97 Å². The van der Waals surface area contributed by atoms with Crippen molar-refractivity contribution in [1.82, 2.24) is 4.90 Å². The molecular formula is C12H13ClFNO3. The number of aliphatic carboxylic acids is 1. The van der Waals surface area contributed by atoms with E-state index in [4.69, 9.17) is 21.4 Å². The zero-order chi connectivity index (χ0) is 13.1. The van der Waals surface area contributed by atoms with Crippen LogP contribution in [-0.4, -0.2) is 41.8 Å². The van der Waals surface area contributed by atoms with Gasteiger partial charge < -0.3 is 9.84 Å². The highest BCUT2D eigenvalue weighted by Gasteiger charge is 2.29. The largest absolute Gasteiger partial charge is 0.480 e. The van der Waals surface area contributed by atoms with E-state index >= 15 is 0 Å². The molecule has 1 unspecified atom stereocenters. The molecule has 1 fully saturated rings. The van der Waals surface area contributed by atoms with Crippen LogP contribution in [0, 0.1) is 5.82 Å². The summed E-state index contributed by atoms with van der Waals surface area (Å²) in [7, 11) is 0. The second-order valence-electron chi connectivity index (χ2n) is 4.14. The van der Waals surface area contributed by atoms with Gasteiger partial charge in [-0.25, -0.2) is 4.39 Å². The Bertz CT molecular complexity index is 455. The zero-order valence-electron chi connectivity index (χ0n) is 9.60. The minimum Gasteiger partial charge on any atom is -0.480 e. The predicted octanol–water partition coefficient (Wildman–Crippen LogP) is 1.76. The third kappa shape index (κ3) is 2.98. The van der Waals surface area contributed by atoms with Crippen molar-refractivity contribution in [2.75, 3.05) is 19.8 Å². The van der Waals surface area contributed by atoms with Gasteiger partial charge in [0.25, 0.3) is 0 Å². The molecule has 0 spiro atoms. The number of carboxylic acid groups (broad SMARTS) is 1. The first-order valence-corrected chi connectivity index (χ1v) is 5.94. The highest BCUT2D eigenvalue weighted by Crippen LogP contribution is 2.18. The number of halogens is 2. The molecule has 1 atom stereocenters. The molecule has 6 heteroatoms. The minimum atomic E-state index is -0.955. The fourth-order valence-corrected chi connectivity index (χ4v) is 2.08. The third-order valence-electron chi connectivity index (χ3n) is 2.91. The van der Waals surface area contributed by atoms with Gasteiger partial charge in [-0.05, 0) is 12.1 Å². The predicted molar refractivity (Wildman–Crippen MR) is 64.1 cm³/mol. The lowest BCUT2D eigenvalue weighted by Crippen LogP contribution is -2.49. The van der Waals surface area contributed by atoms with E-state index in [2.05, 4.69) is 0 Å². The van der Waals surface area contributed by atoms with Gasteiger partial charge in [-0.15, -0.1) is 0 Å². The van der Waals surface area contributed by atoms with Crippen molar-refractivity contribution in [3.8, 4) is 0 Å². The summed E-state index contributed by atoms with van der Waals surface area (Å²) >= 11 is 5.67. The summed E-state index contributed by atoms with van der Waals surface area (Å²) in [6.07, 6.45) is 0. The van der Waals surface area contributed by atoms with E-state index in [1.165, 1.54) is 6.07 Å². The number of carboxylic acids is 1. The molecule has 1 aromatic rings. The second-order valence-corrected chi connectivity index (χ2v) is 4.57. The number of benzene rings is 1. The molecule has 4 nitrogen and oxygen atoms in total. The molecule has 18 heavy (non-hydrogen) atoms. The Labute approximate surface area is 109 Å². The van der Waals surface area contributed by atoms with E-state index < -0.39 is 17.8 Å². The Balaban J connectivity index is 2.13. The molecule has 0 bridgehead atoms. The summed E-state index contributed by atoms with van der Waals surface area (Å²) < 4.78 is 18.8. The summed E-state index contributed by atoms with van der Waals surface area (Å²) in [5.41, 5.74) is 0.438. The quantitative estimate of drug-likeness (QED) is 0.912. The fraction of sp³-hybridized carbons (Fsp3) is 0.417. The lowest BCUT2D eigenvalue weighted by molar-refractivity contribution is -0.150. The lowest BCUT2D eigenvalue weighted by atomic mass is 10.1. The number of ether oxygens (including phenoxy) is 1. The molecule has 98 valence electrons. The first-order chi connectivity index (χ1) is 8.58. The Hall–Kier alpha value is -1.17. The average Bonchev–Trinajstić information content (AvgIpc) is 2.33. The van der Waals surface area contributed by atoms with Crippen LogP contribution < -0.4 is 0 Å². The van der Waals surface area contributed by atoms with Crippen LogP contribution in [0.15, 0.2) is 18.2 Å². The van der Waals surface area contributed by atoms with Crippen LogP contribution in [-0.2, 0) is 16.1 Å². The normalized spacial score (nSPS) is 20.9. The summed E-state index contributed by atoms with van der Waals surface area (Å²) in [6, 6.07) is 3.67. The first-order valence-electron chi connectivity index (χ1n) is 5.56. The molecule has 1 aliphatic rings. The van der Waals surface area contributed by atoms with Gasteiger partial charge in [0.15, 0.2) is 0 Å². The van der Waals surface area contributed by atoms with Gasteiger partial charge in [0.05, 0.1) is 13.2 Å². The number of hydrogen-bond donors (Lipinski definition) is 1. The van der Waals surface area contributed by atoms with Crippen molar-refractivity contribution in [3.63, 3.8) is 0 Å². The Kier molecular flexibility index (Phi) is 4.16. The minimum absolute atomic E-state index is 0.130. The Morgan fingerprint density at radius 3 is 3.06 bits per heavy atom. The number of nitrogens with zero attached hydrogens (tertiary/aromatic N) is 1. The molecule has 1 saturated heterocycles. The highest BCUT2D eigenvalue weighted by molar-refractivity contribution is 6.30. The molecule has 0 saturated carbocycles. The van der Waals surface area contributed by atoms with Crippen LogP contribution in [0.25, 0.3) is 0 Å². The Morgan fingerprint density at radius 2 is 2.39 bits per heavy atom. The van der Waals surface area contributed by atoms with Crippen molar-refractivity contribution >= 4 is 17.6 Å². The molecule has 1 N–H and O–H groups in total. The maximum atomic E-state index is 13.6. The van der Waals surface area contributed by atoms with Crippen LogP contribution in [0.1, 0.15) is 5.56 Å². The fourth-order valence-electron chi connectivity index (χ4n) is 1.92. The summed E-state index contributed by atoms with van der Waals surface area (Å²) in [5, 5.41) is 9.39. The maximum absolute atomic E-state index is 13.6. The molecule has 1 heterocycles. The molecule has 0 radical (unpaired) electrons. The summed E-state index contributed by atoms with van der Waals surface area (Å²) in [6.45, 7) is 1.30. The topological polar surface area (TPSA) is 49.8 Å². The van der Waals surface area contributed by atoms with Crippen LogP contribution in [0.3, 0.4) is 0 Å². The number of hydrogen-bond acceptors (Lipinski definition) is 3. The van der Waals surface area contributed by atoms with Crippen molar-refractivity contribution < 1.29 is 19.0 Å². The molecule has 1 aromatic carbocycles. The van der Waals surface area contributed by atoms with Gasteiger partial charge in [0, 0.05) is 23.7 Å². The molecule has 2 rings (SSSR count). The van der Waals surface area contributed by atoms with E-state index in [-0.39, 0.29) is 13.2 Å². The van der Waals surface area contributed by atoms with E-state index in [1.807, 2.05) is 0 Å². The molecule has 0 amide bonds. The summed E-state index contributed by atoms with van der Waals surface area (Å²) in [4.78, 5) is 12.8. The molecule has 1 aliphatic heterocycles. The monoisotopic (exact) mass is 273 g/mol. The van der Waals surface area contributed by atoms with Gasteiger partial charge in [0.2, 0.25) is 0 Å². The van der Waals surface area contributed by atoms with Crippen LogP contribution in [0.5, 0.6) is 0 Å². The molecular weight excluding hydrogens is 261 g/mol. The maximum Gasteiger partial charge on any atom is 0.323 e. The van der Waals surface area contributed by atoms with E-state index in [0.29, 0.717) is 23.7 Å². The van der Waals surface area contributed by atoms with Gasteiger partial charge in [-0.3, -0.25) is 9.69 Å². The molecule has 0 aliphatic carbocycles. The lowest BCUT2D eigenvalue weighted by Gasteiger charge is -2.32. The van der Waals surface area contributed by atoms with Gasteiger partial charge in [-0.2, -0.15) is 0 Å². The SMILES string of the molecule is O=C(O)C1COCCN1Cc1ccc(Cl)cc1F. The summed E-state index contributed by atoms with van der Waals surface area (Å²) in [5.74, 6) is -1.37. The number of carbonyl (C=O) groups is 1. The zero-order valence-corrected chi connectivity index (χ0v) is 10.4. The smallest absolute Gasteiger partial charge is 0.323 e. The highest BCUT2D eigenvalue weighted by atomic mass is 35.5. The first kappa shape index (κ1) is 13.3. The standard InChI is InChI=1S/C12H13ClFNO3/c13-9-2-1-8(10(14)5-9)6-15-3-4-18-7-11(15)12(16)17/h1-2,5,11H,3-4,6-7H2,(H,16,17). The van der Waals surface area contributed by atoms with Gasteiger partial charge in [0.1, 0.15) is 11.9 Å². The number of rotatable bonds is 3. The van der Waals surface area contributed by atoms with Crippen molar-refractivity contribution in [1.29, 1.82) is 0 Å². The van der Waals surface area contributed by atoms with Gasteiger partial charge in [-0.1, -0.05) is 17.7 Å². The van der Waals surface area contributed by atoms with Crippen molar-refractivity contribution in [2.45, 2.75) is 12.6 Å². The van der Waals surface area contributed by atoms with Crippen LogP contribution in [0.2, 0.25) is 5.02 Å². The van der Waals surface area contributed by atoms with E-state index in [1.54, 1.807) is 17.0 Å². The van der Waals surface area contributed by atoms with E-state index in [0.717, 1.165) is 0 Å². The average molecular weight is 274 g/mol.